The lowest BCUT2D eigenvalue weighted by Gasteiger charge is -2.09. The summed E-state index contributed by atoms with van der Waals surface area (Å²) in [6, 6.07) is 17.0. The van der Waals surface area contributed by atoms with Crippen molar-refractivity contribution in [2.45, 2.75) is 4.90 Å². The predicted octanol–water partition coefficient (Wildman–Crippen LogP) is 3.99. The van der Waals surface area contributed by atoms with Crippen LogP contribution in [0.3, 0.4) is 0 Å². The lowest BCUT2D eigenvalue weighted by molar-refractivity contribution is 0.102. The first kappa shape index (κ1) is 18.9. The minimum atomic E-state index is -3.72. The summed E-state index contributed by atoms with van der Waals surface area (Å²) in [6.07, 6.45) is 5.37. The highest BCUT2D eigenvalue weighted by Crippen LogP contribution is 2.20. The summed E-state index contributed by atoms with van der Waals surface area (Å²) in [7, 11) is -3.72. The van der Waals surface area contributed by atoms with Gasteiger partial charge in [0.25, 0.3) is 15.9 Å². The summed E-state index contributed by atoms with van der Waals surface area (Å²) in [5.41, 5.74) is 1.95. The van der Waals surface area contributed by atoms with Crippen LogP contribution >= 0.6 is 11.3 Å². The van der Waals surface area contributed by atoms with E-state index < -0.39 is 10.0 Å². The molecule has 0 aliphatic carbocycles. The van der Waals surface area contributed by atoms with Gasteiger partial charge in [0, 0.05) is 40.9 Å². The summed E-state index contributed by atoms with van der Waals surface area (Å²) in [5, 5.41) is 4.74. The number of amides is 1. The SMILES string of the molecule is O=C(Nc1ccc(S(=O)(=O)Nc2nccs2)cc1)c1ccc(-n2cccc2)cc1. The maximum atomic E-state index is 12.4. The van der Waals surface area contributed by atoms with Crippen molar-refractivity contribution in [2.75, 3.05) is 10.0 Å². The number of rotatable bonds is 6. The zero-order valence-corrected chi connectivity index (χ0v) is 16.7. The van der Waals surface area contributed by atoms with Crippen LogP contribution in [0.25, 0.3) is 5.69 Å². The molecule has 4 rings (SSSR count). The molecule has 0 bridgehead atoms. The van der Waals surface area contributed by atoms with Crippen molar-refractivity contribution >= 4 is 38.1 Å². The maximum absolute atomic E-state index is 12.4. The van der Waals surface area contributed by atoms with Crippen LogP contribution in [0.4, 0.5) is 10.8 Å². The van der Waals surface area contributed by atoms with Crippen LogP contribution in [0, 0.1) is 0 Å². The second kappa shape index (κ2) is 7.90. The molecule has 146 valence electrons. The van der Waals surface area contributed by atoms with Crippen molar-refractivity contribution < 1.29 is 13.2 Å². The van der Waals surface area contributed by atoms with Gasteiger partial charge < -0.3 is 9.88 Å². The van der Waals surface area contributed by atoms with Gasteiger partial charge in [-0.25, -0.2) is 13.4 Å². The number of sulfonamides is 1. The summed E-state index contributed by atoms with van der Waals surface area (Å²) in [5.74, 6) is -0.277. The van der Waals surface area contributed by atoms with Gasteiger partial charge in [-0.3, -0.25) is 9.52 Å². The number of hydrogen-bond donors (Lipinski definition) is 2. The Bertz CT molecular complexity index is 1200. The van der Waals surface area contributed by atoms with Gasteiger partial charge in [-0.05, 0) is 60.7 Å². The Balaban J connectivity index is 1.44. The number of carbonyl (C=O) groups excluding carboxylic acids is 1. The standard InChI is InChI=1S/C20H16N4O3S2/c25-19(15-3-7-17(8-4-15)24-12-1-2-13-24)22-16-5-9-18(10-6-16)29(26,27)23-20-21-11-14-28-20/h1-14H,(H,21,23)(H,22,25). The molecule has 7 nitrogen and oxygen atoms in total. The lowest BCUT2D eigenvalue weighted by Crippen LogP contribution is -2.14. The van der Waals surface area contributed by atoms with Gasteiger partial charge >= 0.3 is 0 Å². The van der Waals surface area contributed by atoms with Crippen molar-refractivity contribution in [3.63, 3.8) is 0 Å². The highest BCUT2D eigenvalue weighted by atomic mass is 32.2. The minimum Gasteiger partial charge on any atom is -0.324 e. The van der Waals surface area contributed by atoms with Gasteiger partial charge in [-0.15, -0.1) is 11.3 Å². The third-order valence-electron chi connectivity index (χ3n) is 4.11. The van der Waals surface area contributed by atoms with Crippen LogP contribution in [0.2, 0.25) is 0 Å². The fourth-order valence-corrected chi connectivity index (χ4v) is 4.45. The second-order valence-electron chi connectivity index (χ2n) is 6.06. The van der Waals surface area contributed by atoms with Crippen LogP contribution in [0.1, 0.15) is 10.4 Å². The van der Waals surface area contributed by atoms with Crippen molar-refractivity contribution in [3.05, 3.63) is 90.2 Å². The van der Waals surface area contributed by atoms with E-state index in [-0.39, 0.29) is 10.8 Å². The number of anilines is 2. The number of hydrogen-bond acceptors (Lipinski definition) is 5. The second-order valence-corrected chi connectivity index (χ2v) is 8.64. The number of aromatic nitrogens is 2. The minimum absolute atomic E-state index is 0.0850. The number of benzene rings is 2. The first-order valence-electron chi connectivity index (χ1n) is 8.58. The number of thiazole rings is 1. The van der Waals surface area contributed by atoms with E-state index in [1.807, 2.05) is 41.2 Å². The Hall–Kier alpha value is -3.43. The largest absolute Gasteiger partial charge is 0.324 e. The zero-order valence-electron chi connectivity index (χ0n) is 15.0. The smallest absolute Gasteiger partial charge is 0.263 e. The van der Waals surface area contributed by atoms with Gasteiger partial charge in [-0.1, -0.05) is 0 Å². The molecule has 1 amide bonds. The highest BCUT2D eigenvalue weighted by Gasteiger charge is 2.15. The number of nitrogens with one attached hydrogen (secondary N) is 2. The van der Waals surface area contributed by atoms with E-state index in [0.717, 1.165) is 5.69 Å². The Kier molecular flexibility index (Phi) is 5.15. The predicted molar refractivity (Wildman–Crippen MR) is 113 cm³/mol. The Morgan fingerprint density at radius 3 is 2.28 bits per heavy atom. The van der Waals surface area contributed by atoms with Gasteiger partial charge in [0.05, 0.1) is 4.90 Å². The Morgan fingerprint density at radius 2 is 1.66 bits per heavy atom. The molecule has 0 saturated heterocycles. The molecule has 2 N–H and O–H groups in total. The van der Waals surface area contributed by atoms with Gasteiger partial charge in [0.2, 0.25) is 0 Å². The molecule has 29 heavy (non-hydrogen) atoms. The normalized spacial score (nSPS) is 11.2. The molecule has 4 aromatic rings. The summed E-state index contributed by atoms with van der Waals surface area (Å²) in [6.45, 7) is 0. The van der Waals surface area contributed by atoms with Crippen molar-refractivity contribution in [1.82, 2.24) is 9.55 Å². The quantitative estimate of drug-likeness (QED) is 0.489. The molecule has 0 spiro atoms. The average Bonchev–Trinajstić information content (AvgIpc) is 3.42. The van der Waals surface area contributed by atoms with E-state index in [0.29, 0.717) is 16.4 Å². The van der Waals surface area contributed by atoms with Crippen LogP contribution in [-0.4, -0.2) is 23.9 Å². The third kappa shape index (κ3) is 4.36. The molecule has 0 radical (unpaired) electrons. The summed E-state index contributed by atoms with van der Waals surface area (Å²) < 4.78 is 29.1. The van der Waals surface area contributed by atoms with Gasteiger partial charge in [-0.2, -0.15) is 0 Å². The molecule has 0 fully saturated rings. The van der Waals surface area contributed by atoms with E-state index >= 15 is 0 Å². The molecular formula is C20H16N4O3S2. The average molecular weight is 425 g/mol. The molecule has 2 heterocycles. The maximum Gasteiger partial charge on any atom is 0.263 e. The summed E-state index contributed by atoms with van der Waals surface area (Å²) >= 11 is 1.19. The number of carbonyl (C=O) groups is 1. The van der Waals surface area contributed by atoms with Crippen molar-refractivity contribution in [2.24, 2.45) is 0 Å². The van der Waals surface area contributed by atoms with Crippen LogP contribution in [-0.2, 0) is 10.0 Å². The monoisotopic (exact) mass is 424 g/mol. The lowest BCUT2D eigenvalue weighted by atomic mass is 10.2. The van der Waals surface area contributed by atoms with E-state index in [1.54, 1.807) is 29.6 Å². The van der Waals surface area contributed by atoms with Crippen molar-refractivity contribution in [1.29, 1.82) is 0 Å². The van der Waals surface area contributed by atoms with E-state index in [1.165, 1.54) is 29.7 Å². The zero-order chi connectivity index (χ0) is 20.3. The van der Waals surface area contributed by atoms with E-state index in [4.69, 9.17) is 0 Å². The first-order chi connectivity index (χ1) is 14.0. The van der Waals surface area contributed by atoms with E-state index in [9.17, 15) is 13.2 Å². The van der Waals surface area contributed by atoms with Crippen molar-refractivity contribution in [3.8, 4) is 5.69 Å². The molecule has 0 aliphatic heterocycles. The van der Waals surface area contributed by atoms with Crippen LogP contribution in [0.15, 0.2) is 89.5 Å². The van der Waals surface area contributed by atoms with Gasteiger partial charge in [0.1, 0.15) is 0 Å². The van der Waals surface area contributed by atoms with Gasteiger partial charge in [0.15, 0.2) is 5.13 Å². The van der Waals surface area contributed by atoms with E-state index in [2.05, 4.69) is 15.0 Å². The first-order valence-corrected chi connectivity index (χ1v) is 10.9. The molecule has 0 unspecified atom stereocenters. The third-order valence-corrected chi connectivity index (χ3v) is 6.28. The molecule has 2 aromatic heterocycles. The summed E-state index contributed by atoms with van der Waals surface area (Å²) in [4.78, 5) is 16.4. The Morgan fingerprint density at radius 1 is 0.966 bits per heavy atom. The highest BCUT2D eigenvalue weighted by molar-refractivity contribution is 7.93. The molecule has 0 aliphatic rings. The molecule has 0 saturated carbocycles. The number of nitrogens with zero attached hydrogens (tertiary/aromatic N) is 2. The molecule has 9 heteroatoms. The molecule has 0 atom stereocenters. The topological polar surface area (TPSA) is 93.1 Å². The molecular weight excluding hydrogens is 408 g/mol. The van der Waals surface area contributed by atoms with Crippen LogP contribution < -0.4 is 10.0 Å². The fourth-order valence-electron chi connectivity index (χ4n) is 2.66. The Labute approximate surface area is 171 Å². The fraction of sp³-hybridized carbons (Fsp3) is 0. The van der Waals surface area contributed by atoms with Crippen LogP contribution in [0.5, 0.6) is 0 Å². The molecule has 2 aromatic carbocycles.